The summed E-state index contributed by atoms with van der Waals surface area (Å²) in [6, 6.07) is 17.1. The molecular weight excluding hydrogens is 414 g/mol. The van der Waals surface area contributed by atoms with Crippen LogP contribution in [0.3, 0.4) is 0 Å². The molecule has 1 atom stereocenters. The molecule has 2 aromatic carbocycles. The number of nitrogens with one attached hydrogen (secondary N) is 2. The summed E-state index contributed by atoms with van der Waals surface area (Å²) in [7, 11) is 0. The molecule has 1 saturated heterocycles. The van der Waals surface area contributed by atoms with Gasteiger partial charge in [-0.05, 0) is 54.7 Å². The minimum atomic E-state index is -0.257. The zero-order valence-corrected chi connectivity index (χ0v) is 18.6. The number of fused-ring (bicyclic) bond motifs is 1. The number of piperidine rings is 1. The van der Waals surface area contributed by atoms with Crippen molar-refractivity contribution in [2.24, 2.45) is 0 Å². The van der Waals surface area contributed by atoms with E-state index in [0.29, 0.717) is 11.7 Å². The Hall–Kier alpha value is -3.29. The van der Waals surface area contributed by atoms with Gasteiger partial charge in [0.1, 0.15) is 5.69 Å². The van der Waals surface area contributed by atoms with Crippen LogP contribution < -0.4 is 15.5 Å². The molecule has 1 aromatic heterocycles. The summed E-state index contributed by atoms with van der Waals surface area (Å²) in [5.74, 6) is -0.257. The second kappa shape index (κ2) is 10.1. The van der Waals surface area contributed by atoms with Gasteiger partial charge in [0.2, 0.25) is 0 Å². The number of nitrogens with zero attached hydrogens (tertiary/aromatic N) is 3. The van der Waals surface area contributed by atoms with E-state index in [1.807, 2.05) is 12.1 Å². The lowest BCUT2D eigenvalue weighted by Crippen LogP contribution is -2.44. The Morgan fingerprint density at radius 2 is 1.88 bits per heavy atom. The van der Waals surface area contributed by atoms with E-state index in [2.05, 4.69) is 61.9 Å². The lowest BCUT2D eigenvalue weighted by Gasteiger charge is -2.35. The predicted molar refractivity (Wildman–Crippen MR) is 129 cm³/mol. The molecule has 7 heteroatoms. The number of ether oxygens (including phenoxy) is 1. The maximum atomic E-state index is 12.2. The van der Waals surface area contributed by atoms with E-state index < -0.39 is 0 Å². The minimum absolute atomic E-state index is 0.151. The van der Waals surface area contributed by atoms with E-state index in [9.17, 15) is 4.79 Å². The van der Waals surface area contributed by atoms with Crippen LogP contribution in [0.15, 0.2) is 67.1 Å². The second-order valence-electron chi connectivity index (χ2n) is 8.57. The smallest absolute Gasteiger partial charge is 0.275 e. The van der Waals surface area contributed by atoms with Gasteiger partial charge in [0.15, 0.2) is 0 Å². The second-order valence-corrected chi connectivity index (χ2v) is 8.57. The number of benzene rings is 2. The van der Waals surface area contributed by atoms with Crippen LogP contribution in [0.4, 0.5) is 11.4 Å². The van der Waals surface area contributed by atoms with Gasteiger partial charge in [-0.15, -0.1) is 0 Å². The molecule has 0 radical (unpaired) electrons. The Bertz CT molecular complexity index is 1070. The van der Waals surface area contributed by atoms with Gasteiger partial charge in [-0.25, -0.2) is 4.98 Å². The van der Waals surface area contributed by atoms with E-state index in [-0.39, 0.29) is 12.0 Å². The van der Waals surface area contributed by atoms with Crippen LogP contribution in [0.1, 0.15) is 40.6 Å². The molecule has 3 heterocycles. The van der Waals surface area contributed by atoms with Crippen molar-refractivity contribution in [2.45, 2.75) is 31.4 Å². The minimum Gasteiger partial charge on any atom is -0.372 e. The van der Waals surface area contributed by atoms with Crippen LogP contribution in [0.25, 0.3) is 0 Å². The Kier molecular flexibility index (Phi) is 6.60. The van der Waals surface area contributed by atoms with Gasteiger partial charge < -0.3 is 20.3 Å². The molecule has 1 unspecified atom stereocenters. The lowest BCUT2D eigenvalue weighted by atomic mass is 9.97. The van der Waals surface area contributed by atoms with Crippen molar-refractivity contribution in [1.82, 2.24) is 15.3 Å². The molecule has 1 fully saturated rings. The molecule has 33 heavy (non-hydrogen) atoms. The van der Waals surface area contributed by atoms with Crippen LogP contribution in [0.2, 0.25) is 0 Å². The predicted octanol–water partition coefficient (Wildman–Crippen LogP) is 3.60. The number of hydrogen-bond acceptors (Lipinski definition) is 6. The zero-order valence-electron chi connectivity index (χ0n) is 18.6. The average Bonchev–Trinajstić information content (AvgIpc) is 2.89. The molecule has 0 saturated carbocycles. The maximum absolute atomic E-state index is 12.2. The van der Waals surface area contributed by atoms with Crippen molar-refractivity contribution in [3.63, 3.8) is 0 Å². The Balaban J connectivity index is 1.10. The Morgan fingerprint density at radius 3 is 2.67 bits per heavy atom. The summed E-state index contributed by atoms with van der Waals surface area (Å²) < 4.78 is 6.04. The highest BCUT2D eigenvalue weighted by atomic mass is 16.5. The molecular formula is C26H29N5O2. The summed E-state index contributed by atoms with van der Waals surface area (Å²) in [5.41, 5.74) is 4.98. The third-order valence-corrected chi connectivity index (χ3v) is 6.47. The first-order valence-electron chi connectivity index (χ1n) is 11.6. The Morgan fingerprint density at radius 1 is 1.06 bits per heavy atom. The van der Waals surface area contributed by atoms with Crippen molar-refractivity contribution < 1.29 is 9.53 Å². The van der Waals surface area contributed by atoms with Crippen LogP contribution in [0, 0.1) is 0 Å². The third kappa shape index (κ3) is 5.21. The van der Waals surface area contributed by atoms with Gasteiger partial charge in [-0.3, -0.25) is 9.78 Å². The zero-order chi connectivity index (χ0) is 22.5. The van der Waals surface area contributed by atoms with E-state index >= 15 is 0 Å². The standard InChI is InChI=1S/C26H29N5O2/c32-26(24-17-27-12-13-28-24)30-21-5-7-22(8-6-21)31-14-9-20(10-15-31)29-18-25-23-4-2-1-3-19(23)11-16-33-25/h1-8,12-13,17,20,25,29H,9-11,14-16,18H2,(H,30,32). The summed E-state index contributed by atoms with van der Waals surface area (Å²) in [6.07, 6.45) is 7.87. The van der Waals surface area contributed by atoms with Crippen LogP contribution in [-0.2, 0) is 11.2 Å². The summed E-state index contributed by atoms with van der Waals surface area (Å²) in [6.45, 7) is 3.68. The maximum Gasteiger partial charge on any atom is 0.275 e. The van der Waals surface area contributed by atoms with Crippen LogP contribution in [-0.4, -0.2) is 48.2 Å². The largest absolute Gasteiger partial charge is 0.372 e. The first kappa shape index (κ1) is 21.6. The van der Waals surface area contributed by atoms with E-state index in [1.54, 1.807) is 6.20 Å². The van der Waals surface area contributed by atoms with E-state index in [4.69, 9.17) is 4.74 Å². The molecule has 170 valence electrons. The molecule has 1 amide bonds. The van der Waals surface area contributed by atoms with Gasteiger partial charge in [0.25, 0.3) is 5.91 Å². The van der Waals surface area contributed by atoms with Gasteiger partial charge in [0, 0.05) is 49.4 Å². The fourth-order valence-corrected chi connectivity index (χ4v) is 4.63. The average molecular weight is 444 g/mol. The number of carbonyl (C=O) groups excluding carboxylic acids is 1. The highest BCUT2D eigenvalue weighted by molar-refractivity contribution is 6.02. The fourth-order valence-electron chi connectivity index (χ4n) is 4.63. The summed E-state index contributed by atoms with van der Waals surface area (Å²) >= 11 is 0. The quantitative estimate of drug-likeness (QED) is 0.606. The topological polar surface area (TPSA) is 79.4 Å². The summed E-state index contributed by atoms with van der Waals surface area (Å²) in [5, 5.41) is 6.61. The first-order valence-corrected chi connectivity index (χ1v) is 11.6. The SMILES string of the molecule is O=C(Nc1ccc(N2CCC(NCC3OCCc4ccccc43)CC2)cc1)c1cnccn1. The molecule has 0 spiro atoms. The number of carbonyl (C=O) groups is 1. The van der Waals surface area contributed by atoms with Gasteiger partial charge in [0.05, 0.1) is 18.9 Å². The number of rotatable bonds is 6. The molecule has 3 aromatic rings. The molecule has 5 rings (SSSR count). The highest BCUT2D eigenvalue weighted by Gasteiger charge is 2.24. The molecule has 2 aliphatic rings. The normalized spacial score (nSPS) is 18.5. The number of anilines is 2. The van der Waals surface area contributed by atoms with Crippen LogP contribution in [0.5, 0.6) is 0 Å². The van der Waals surface area contributed by atoms with Crippen molar-refractivity contribution >= 4 is 17.3 Å². The number of aromatic nitrogens is 2. The number of amides is 1. The van der Waals surface area contributed by atoms with E-state index in [1.165, 1.54) is 29.2 Å². The van der Waals surface area contributed by atoms with Gasteiger partial charge >= 0.3 is 0 Å². The van der Waals surface area contributed by atoms with Crippen molar-refractivity contribution in [3.8, 4) is 0 Å². The number of hydrogen-bond donors (Lipinski definition) is 2. The first-order chi connectivity index (χ1) is 16.3. The highest BCUT2D eigenvalue weighted by Crippen LogP contribution is 2.27. The van der Waals surface area contributed by atoms with Crippen molar-refractivity contribution in [1.29, 1.82) is 0 Å². The van der Waals surface area contributed by atoms with Gasteiger partial charge in [-0.2, -0.15) is 0 Å². The lowest BCUT2D eigenvalue weighted by molar-refractivity contribution is 0.0401. The van der Waals surface area contributed by atoms with Gasteiger partial charge in [-0.1, -0.05) is 24.3 Å². The van der Waals surface area contributed by atoms with Crippen LogP contribution >= 0.6 is 0 Å². The fraction of sp³-hybridized carbons (Fsp3) is 0.346. The summed E-state index contributed by atoms with van der Waals surface area (Å²) in [4.78, 5) is 22.6. The van der Waals surface area contributed by atoms with E-state index in [0.717, 1.165) is 51.2 Å². The molecule has 2 aliphatic heterocycles. The monoisotopic (exact) mass is 443 g/mol. The molecule has 0 bridgehead atoms. The third-order valence-electron chi connectivity index (χ3n) is 6.47. The molecule has 0 aliphatic carbocycles. The Labute approximate surface area is 194 Å². The molecule has 7 nitrogen and oxygen atoms in total. The van der Waals surface area contributed by atoms with Crippen molar-refractivity contribution in [3.05, 3.63) is 83.9 Å². The van der Waals surface area contributed by atoms with Crippen molar-refractivity contribution in [2.75, 3.05) is 36.5 Å². The molecule has 2 N–H and O–H groups in total.